The van der Waals surface area contributed by atoms with Crippen molar-refractivity contribution in [2.24, 2.45) is 0 Å². The number of aryl methyl sites for hydroxylation is 2. The molecule has 0 radical (unpaired) electrons. The number of hydrogen-bond donors (Lipinski definition) is 1. The first-order valence-electron chi connectivity index (χ1n) is 8.10. The van der Waals surface area contributed by atoms with E-state index in [2.05, 4.69) is 36.5 Å². The zero-order valence-electron chi connectivity index (χ0n) is 14.8. The first-order valence-corrected chi connectivity index (χ1v) is 8.10. The van der Waals surface area contributed by atoms with Gasteiger partial charge < -0.3 is 14.8 Å². The van der Waals surface area contributed by atoms with Crippen LogP contribution in [0.25, 0.3) is 0 Å². The topological polar surface area (TPSA) is 47.6 Å². The molecule has 0 aromatic heterocycles. The number of carbonyl (C=O) groups is 1. The van der Waals surface area contributed by atoms with E-state index in [9.17, 15) is 4.79 Å². The molecular formula is C20H25NO3. The van der Waals surface area contributed by atoms with Crippen LogP contribution in [0.15, 0.2) is 42.5 Å². The van der Waals surface area contributed by atoms with Gasteiger partial charge >= 0.3 is 0 Å². The lowest BCUT2D eigenvalue weighted by molar-refractivity contribution is -0.121. The number of ether oxygens (including phenoxy) is 2. The Kier molecular flexibility index (Phi) is 6.24. The molecule has 1 amide bonds. The Morgan fingerprint density at radius 2 is 1.79 bits per heavy atom. The molecule has 24 heavy (non-hydrogen) atoms. The number of benzene rings is 2. The maximum atomic E-state index is 12.2. The quantitative estimate of drug-likeness (QED) is 0.841. The monoisotopic (exact) mass is 327 g/mol. The van der Waals surface area contributed by atoms with Gasteiger partial charge in [-0.3, -0.25) is 4.79 Å². The summed E-state index contributed by atoms with van der Waals surface area (Å²) in [6.07, 6.45) is 1.20. The van der Waals surface area contributed by atoms with Gasteiger partial charge in [0.25, 0.3) is 0 Å². The highest BCUT2D eigenvalue weighted by Gasteiger charge is 2.15. The molecule has 2 aromatic rings. The van der Waals surface area contributed by atoms with Crippen molar-refractivity contribution in [2.45, 2.75) is 32.7 Å². The molecule has 4 nitrogen and oxygen atoms in total. The molecule has 1 N–H and O–H groups in total. The van der Waals surface area contributed by atoms with Crippen molar-refractivity contribution in [1.82, 2.24) is 5.32 Å². The maximum absolute atomic E-state index is 12.2. The van der Waals surface area contributed by atoms with E-state index >= 15 is 0 Å². The first kappa shape index (κ1) is 17.9. The van der Waals surface area contributed by atoms with Gasteiger partial charge in [-0.1, -0.05) is 29.8 Å². The highest BCUT2D eigenvalue weighted by Crippen LogP contribution is 2.29. The molecule has 0 spiro atoms. The largest absolute Gasteiger partial charge is 0.497 e. The van der Waals surface area contributed by atoms with Gasteiger partial charge in [0.2, 0.25) is 5.91 Å². The van der Waals surface area contributed by atoms with Crippen LogP contribution in [-0.4, -0.2) is 20.1 Å². The molecule has 0 aliphatic heterocycles. The SMILES string of the molecule is COc1ccc([C@H](C)NC(=O)CCc2ccc(C)cc2)c(OC)c1. The van der Waals surface area contributed by atoms with E-state index in [0.717, 1.165) is 17.7 Å². The fourth-order valence-corrected chi connectivity index (χ4v) is 2.58. The van der Waals surface area contributed by atoms with E-state index in [1.54, 1.807) is 14.2 Å². The molecule has 2 rings (SSSR count). The fraction of sp³-hybridized carbons (Fsp3) is 0.350. The smallest absolute Gasteiger partial charge is 0.220 e. The Bertz CT molecular complexity index is 680. The van der Waals surface area contributed by atoms with E-state index < -0.39 is 0 Å². The van der Waals surface area contributed by atoms with Crippen LogP contribution in [0.2, 0.25) is 0 Å². The maximum Gasteiger partial charge on any atom is 0.220 e. The normalized spacial score (nSPS) is 11.7. The summed E-state index contributed by atoms with van der Waals surface area (Å²) >= 11 is 0. The highest BCUT2D eigenvalue weighted by molar-refractivity contribution is 5.76. The molecule has 0 heterocycles. The van der Waals surface area contributed by atoms with Crippen LogP contribution in [-0.2, 0) is 11.2 Å². The van der Waals surface area contributed by atoms with E-state index in [4.69, 9.17) is 9.47 Å². The molecule has 0 fully saturated rings. The molecule has 0 unspecified atom stereocenters. The molecule has 0 bridgehead atoms. The Morgan fingerprint density at radius 1 is 1.08 bits per heavy atom. The third-order valence-corrected chi connectivity index (χ3v) is 4.05. The summed E-state index contributed by atoms with van der Waals surface area (Å²) in [6.45, 7) is 4.01. The average molecular weight is 327 g/mol. The van der Waals surface area contributed by atoms with Crippen molar-refractivity contribution in [2.75, 3.05) is 14.2 Å². The fourth-order valence-electron chi connectivity index (χ4n) is 2.58. The van der Waals surface area contributed by atoms with Crippen LogP contribution >= 0.6 is 0 Å². The summed E-state index contributed by atoms with van der Waals surface area (Å²) in [4.78, 5) is 12.2. The van der Waals surface area contributed by atoms with Gasteiger partial charge in [0.1, 0.15) is 11.5 Å². The predicted octanol–water partition coefficient (Wildman–Crippen LogP) is 3.82. The number of carbonyl (C=O) groups excluding carboxylic acids is 1. The lowest BCUT2D eigenvalue weighted by Crippen LogP contribution is -2.27. The third kappa shape index (κ3) is 4.75. The minimum Gasteiger partial charge on any atom is -0.497 e. The summed E-state index contributed by atoms with van der Waals surface area (Å²) in [5.74, 6) is 1.47. The predicted molar refractivity (Wildman–Crippen MR) is 95.6 cm³/mol. The van der Waals surface area contributed by atoms with Gasteiger partial charge in [-0.25, -0.2) is 0 Å². The third-order valence-electron chi connectivity index (χ3n) is 4.05. The number of hydrogen-bond acceptors (Lipinski definition) is 3. The lowest BCUT2D eigenvalue weighted by atomic mass is 10.1. The van der Waals surface area contributed by atoms with E-state index in [0.29, 0.717) is 12.2 Å². The zero-order chi connectivity index (χ0) is 17.5. The molecule has 4 heteroatoms. The zero-order valence-corrected chi connectivity index (χ0v) is 14.8. The minimum absolute atomic E-state index is 0.0287. The molecule has 0 saturated heterocycles. The number of rotatable bonds is 7. The summed E-state index contributed by atoms with van der Waals surface area (Å²) in [5.41, 5.74) is 3.33. The summed E-state index contributed by atoms with van der Waals surface area (Å²) in [7, 11) is 3.23. The van der Waals surface area contributed by atoms with Crippen molar-refractivity contribution >= 4 is 5.91 Å². The van der Waals surface area contributed by atoms with Gasteiger partial charge in [-0.15, -0.1) is 0 Å². The second-order valence-corrected chi connectivity index (χ2v) is 5.88. The van der Waals surface area contributed by atoms with Crippen molar-refractivity contribution in [3.8, 4) is 11.5 Å². The summed E-state index contributed by atoms with van der Waals surface area (Å²) in [5, 5.41) is 3.03. The van der Waals surface area contributed by atoms with Crippen LogP contribution in [0.1, 0.15) is 36.1 Å². The molecule has 0 saturated carbocycles. The van der Waals surface area contributed by atoms with Crippen molar-refractivity contribution in [3.05, 3.63) is 59.2 Å². The summed E-state index contributed by atoms with van der Waals surface area (Å²) in [6, 6.07) is 13.8. The molecular weight excluding hydrogens is 302 g/mol. The van der Waals surface area contributed by atoms with Crippen LogP contribution in [0.3, 0.4) is 0 Å². The van der Waals surface area contributed by atoms with E-state index in [-0.39, 0.29) is 11.9 Å². The number of methoxy groups -OCH3 is 2. The Morgan fingerprint density at radius 3 is 2.42 bits per heavy atom. The minimum atomic E-state index is -0.128. The lowest BCUT2D eigenvalue weighted by Gasteiger charge is -2.18. The van der Waals surface area contributed by atoms with E-state index in [1.807, 2.05) is 25.1 Å². The van der Waals surface area contributed by atoms with E-state index in [1.165, 1.54) is 11.1 Å². The van der Waals surface area contributed by atoms with Crippen LogP contribution < -0.4 is 14.8 Å². The standard InChI is InChI=1S/C20H25NO3/c1-14-5-7-16(8-6-14)9-12-20(22)21-15(2)18-11-10-17(23-3)13-19(18)24-4/h5-8,10-11,13,15H,9,12H2,1-4H3,(H,21,22)/t15-/m0/s1. The molecule has 1 atom stereocenters. The van der Waals surface area contributed by atoms with Gasteiger partial charge in [0, 0.05) is 18.1 Å². The van der Waals surface area contributed by atoms with Gasteiger partial charge in [0.05, 0.1) is 20.3 Å². The second-order valence-electron chi connectivity index (χ2n) is 5.88. The van der Waals surface area contributed by atoms with Gasteiger partial charge in [-0.05, 0) is 38.0 Å². The number of nitrogens with one attached hydrogen (secondary N) is 1. The van der Waals surface area contributed by atoms with Gasteiger partial charge in [-0.2, -0.15) is 0 Å². The number of amides is 1. The highest BCUT2D eigenvalue weighted by atomic mass is 16.5. The average Bonchev–Trinajstić information content (AvgIpc) is 2.60. The first-order chi connectivity index (χ1) is 11.5. The van der Waals surface area contributed by atoms with Crippen molar-refractivity contribution in [1.29, 1.82) is 0 Å². The Hall–Kier alpha value is -2.49. The van der Waals surface area contributed by atoms with Crippen LogP contribution in [0, 0.1) is 6.92 Å². The molecule has 0 aliphatic rings. The molecule has 0 aliphatic carbocycles. The second kappa shape index (κ2) is 8.39. The van der Waals surface area contributed by atoms with Crippen LogP contribution in [0.4, 0.5) is 0 Å². The van der Waals surface area contributed by atoms with Gasteiger partial charge in [0.15, 0.2) is 0 Å². The molecule has 2 aromatic carbocycles. The Labute approximate surface area is 143 Å². The summed E-state index contributed by atoms with van der Waals surface area (Å²) < 4.78 is 10.6. The van der Waals surface area contributed by atoms with Crippen molar-refractivity contribution in [3.63, 3.8) is 0 Å². The molecule has 128 valence electrons. The Balaban J connectivity index is 1.94. The van der Waals surface area contributed by atoms with Crippen LogP contribution in [0.5, 0.6) is 11.5 Å². The van der Waals surface area contributed by atoms with Crippen molar-refractivity contribution < 1.29 is 14.3 Å².